The van der Waals surface area contributed by atoms with E-state index in [-0.39, 0.29) is 23.8 Å². The third kappa shape index (κ3) is 4.88. The molecule has 1 aliphatic heterocycles. The van der Waals surface area contributed by atoms with Crippen molar-refractivity contribution in [3.8, 4) is 11.3 Å². The zero-order chi connectivity index (χ0) is 24.7. The molecule has 2 aromatic heterocycles. The van der Waals surface area contributed by atoms with Crippen LogP contribution in [-0.4, -0.2) is 57.3 Å². The number of aromatic nitrogens is 4. The van der Waals surface area contributed by atoms with Crippen LogP contribution in [0.1, 0.15) is 39.7 Å². The van der Waals surface area contributed by atoms with E-state index in [1.807, 2.05) is 25.7 Å². The Bertz CT molecular complexity index is 1300. The fraction of sp³-hybridized carbons (Fsp3) is 0.440. The van der Waals surface area contributed by atoms with Gasteiger partial charge in [0.2, 0.25) is 5.95 Å². The fourth-order valence-corrected chi connectivity index (χ4v) is 4.15. The second-order valence-corrected chi connectivity index (χ2v) is 9.45. The van der Waals surface area contributed by atoms with Crippen LogP contribution in [0.15, 0.2) is 41.2 Å². The van der Waals surface area contributed by atoms with Crippen LogP contribution in [0.5, 0.6) is 0 Å². The molecule has 2 aliphatic rings. The number of benzene rings is 1. The second kappa shape index (κ2) is 9.33. The predicted molar refractivity (Wildman–Crippen MR) is 131 cm³/mol. The van der Waals surface area contributed by atoms with Crippen LogP contribution in [-0.2, 0) is 4.74 Å². The maximum absolute atomic E-state index is 14.8. The maximum Gasteiger partial charge on any atom is 0.228 e. The van der Waals surface area contributed by atoms with E-state index in [4.69, 9.17) is 20.4 Å². The number of anilines is 1. The number of morpholine rings is 1. The highest BCUT2D eigenvalue weighted by atomic mass is 19.1. The summed E-state index contributed by atoms with van der Waals surface area (Å²) in [6, 6.07) is 3.94. The zero-order valence-corrected chi connectivity index (χ0v) is 20.0. The number of nitrogens with two attached hydrogens (primary N) is 1. The number of fused-ring (bicyclic) bond motifs is 1. The van der Waals surface area contributed by atoms with E-state index in [2.05, 4.69) is 10.1 Å². The van der Waals surface area contributed by atoms with Gasteiger partial charge >= 0.3 is 0 Å². The van der Waals surface area contributed by atoms with Crippen molar-refractivity contribution in [2.24, 2.45) is 10.7 Å². The molecule has 5 rings (SSSR count). The van der Waals surface area contributed by atoms with Gasteiger partial charge in [-0.15, -0.1) is 0 Å². The molecule has 1 aliphatic carbocycles. The van der Waals surface area contributed by atoms with Crippen LogP contribution in [0.3, 0.4) is 0 Å². The van der Waals surface area contributed by atoms with Crippen LogP contribution in [0.25, 0.3) is 22.3 Å². The van der Waals surface area contributed by atoms with Gasteiger partial charge in [-0.1, -0.05) is 0 Å². The van der Waals surface area contributed by atoms with Crippen molar-refractivity contribution in [2.45, 2.75) is 57.9 Å². The Hall–Kier alpha value is -3.40. The highest BCUT2D eigenvalue weighted by Gasteiger charge is 2.30. The van der Waals surface area contributed by atoms with E-state index >= 15 is 0 Å². The number of halogens is 2. The van der Waals surface area contributed by atoms with Gasteiger partial charge in [0.1, 0.15) is 17.7 Å². The minimum Gasteiger partial charge on any atom is -0.404 e. The maximum atomic E-state index is 14.8. The molecule has 1 saturated heterocycles. The van der Waals surface area contributed by atoms with Crippen molar-refractivity contribution in [2.75, 3.05) is 18.0 Å². The van der Waals surface area contributed by atoms with Crippen LogP contribution in [0, 0.1) is 11.6 Å². The number of ether oxygens (including phenoxy) is 1. The quantitative estimate of drug-likeness (QED) is 0.535. The van der Waals surface area contributed by atoms with Crippen LogP contribution in [0.4, 0.5) is 14.7 Å². The summed E-state index contributed by atoms with van der Waals surface area (Å²) in [5.41, 5.74) is 7.71. The van der Waals surface area contributed by atoms with E-state index in [0.29, 0.717) is 41.8 Å². The lowest BCUT2D eigenvalue weighted by molar-refractivity contribution is 0.00666. The molecule has 10 heteroatoms. The molecule has 1 saturated carbocycles. The van der Waals surface area contributed by atoms with Crippen molar-refractivity contribution >= 4 is 23.2 Å². The van der Waals surface area contributed by atoms with Crippen LogP contribution < -0.4 is 10.6 Å². The average Bonchev–Trinajstić information content (AvgIpc) is 3.54. The smallest absolute Gasteiger partial charge is 0.228 e. The second-order valence-electron chi connectivity index (χ2n) is 9.45. The van der Waals surface area contributed by atoms with Gasteiger partial charge in [0.05, 0.1) is 29.8 Å². The molecule has 8 nitrogen and oxygen atoms in total. The number of hydrogen-bond donors (Lipinski definition) is 1. The van der Waals surface area contributed by atoms with Gasteiger partial charge in [0.15, 0.2) is 5.65 Å². The summed E-state index contributed by atoms with van der Waals surface area (Å²) >= 11 is 0. The molecule has 1 aromatic carbocycles. The third-order valence-corrected chi connectivity index (χ3v) is 6.19. The number of hydrogen-bond acceptors (Lipinski definition) is 7. The molecule has 0 spiro atoms. The lowest BCUT2D eigenvalue weighted by atomic mass is 10.1. The molecular weight excluding hydrogens is 452 g/mol. The molecule has 35 heavy (non-hydrogen) atoms. The summed E-state index contributed by atoms with van der Waals surface area (Å²) in [6.07, 6.45) is 6.88. The van der Waals surface area contributed by atoms with E-state index in [9.17, 15) is 8.78 Å². The number of aliphatic imine (C=N–C) groups is 1. The van der Waals surface area contributed by atoms with Crippen molar-refractivity contribution < 1.29 is 13.5 Å². The molecule has 2 fully saturated rings. The third-order valence-electron chi connectivity index (χ3n) is 6.19. The Balaban J connectivity index is 1.56. The van der Waals surface area contributed by atoms with E-state index in [1.165, 1.54) is 18.3 Å². The molecule has 184 valence electrons. The summed E-state index contributed by atoms with van der Waals surface area (Å²) in [5, 5.41) is 5.21. The zero-order valence-electron chi connectivity index (χ0n) is 20.0. The monoisotopic (exact) mass is 481 g/mol. The minimum atomic E-state index is -0.689. The van der Waals surface area contributed by atoms with E-state index in [1.54, 1.807) is 17.1 Å². The molecule has 2 atom stereocenters. The van der Waals surface area contributed by atoms with Crippen LogP contribution >= 0.6 is 0 Å². The first-order chi connectivity index (χ1) is 16.8. The lowest BCUT2D eigenvalue weighted by Crippen LogP contribution is -2.48. The molecule has 2 N–H and O–H groups in total. The van der Waals surface area contributed by atoms with Gasteiger partial charge in [-0.05, 0) is 45.7 Å². The summed E-state index contributed by atoms with van der Waals surface area (Å²) in [4.78, 5) is 16.0. The first-order valence-corrected chi connectivity index (χ1v) is 11.9. The molecule has 0 amide bonds. The first-order valence-electron chi connectivity index (χ1n) is 11.9. The summed E-state index contributed by atoms with van der Waals surface area (Å²) in [6.45, 7) is 6.95. The largest absolute Gasteiger partial charge is 0.404 e. The lowest BCUT2D eigenvalue weighted by Gasteiger charge is -2.37. The van der Waals surface area contributed by atoms with Gasteiger partial charge in [-0.3, -0.25) is 9.67 Å². The van der Waals surface area contributed by atoms with Gasteiger partial charge in [-0.2, -0.15) is 10.1 Å². The fourth-order valence-electron chi connectivity index (χ4n) is 4.15. The molecular formula is C25H29F2N7O. The van der Waals surface area contributed by atoms with Crippen molar-refractivity contribution in [1.82, 2.24) is 19.7 Å². The number of rotatable bonds is 6. The SMILES string of the molecule is CC(C)n1cc2c(-c3ccc(F)cc3F)nc(N3C[C@@H](C)O[C@@H](C(C=NC4CC4)=CN)C3)nc2n1. The molecule has 0 unspecified atom stereocenters. The van der Waals surface area contributed by atoms with Crippen molar-refractivity contribution in [1.29, 1.82) is 0 Å². The summed E-state index contributed by atoms with van der Waals surface area (Å²) in [5.74, 6) is -0.930. The highest BCUT2D eigenvalue weighted by Crippen LogP contribution is 2.32. The van der Waals surface area contributed by atoms with Gasteiger partial charge in [0, 0.05) is 48.4 Å². The Labute approximate surface area is 202 Å². The number of nitrogens with zero attached hydrogens (tertiary/aromatic N) is 6. The topological polar surface area (TPSA) is 94.5 Å². The van der Waals surface area contributed by atoms with Gasteiger partial charge in [0.25, 0.3) is 0 Å². The van der Waals surface area contributed by atoms with Crippen molar-refractivity contribution in [3.63, 3.8) is 0 Å². The Kier molecular flexibility index (Phi) is 6.22. The normalized spacial score (nSPS) is 21.5. The van der Waals surface area contributed by atoms with Gasteiger partial charge in [-0.25, -0.2) is 13.8 Å². The minimum absolute atomic E-state index is 0.0781. The predicted octanol–water partition coefficient (Wildman–Crippen LogP) is 4.02. The summed E-state index contributed by atoms with van der Waals surface area (Å²) in [7, 11) is 0. The van der Waals surface area contributed by atoms with E-state index < -0.39 is 11.6 Å². The molecule has 0 bridgehead atoms. The van der Waals surface area contributed by atoms with Gasteiger partial charge < -0.3 is 15.4 Å². The van der Waals surface area contributed by atoms with Crippen molar-refractivity contribution in [3.05, 3.63) is 47.8 Å². The average molecular weight is 482 g/mol. The standard InChI is InChI=1S/C25H29F2N7O/c1-14(2)34-12-20-23(19-7-4-17(26)8-21(19)27)30-25(31-24(20)32-34)33-11-15(3)35-22(13-33)16(9-28)10-29-18-5-6-18/h4,7-10,12,14-15,18,22H,5-6,11,13,28H2,1-3H3/t15-,22-/m1/s1. The Morgan fingerprint density at radius 3 is 2.71 bits per heavy atom. The Morgan fingerprint density at radius 2 is 2.03 bits per heavy atom. The van der Waals surface area contributed by atoms with E-state index in [0.717, 1.165) is 24.5 Å². The summed E-state index contributed by atoms with van der Waals surface area (Å²) < 4.78 is 36.4. The molecule has 0 radical (unpaired) electrons. The van der Waals surface area contributed by atoms with Crippen LogP contribution in [0.2, 0.25) is 0 Å². The highest BCUT2D eigenvalue weighted by molar-refractivity contribution is 5.91. The molecule has 3 heterocycles. The Morgan fingerprint density at radius 1 is 1.23 bits per heavy atom. The molecule has 3 aromatic rings. The first kappa shape index (κ1) is 23.3.